The molecule has 0 spiro atoms. The summed E-state index contributed by atoms with van der Waals surface area (Å²) in [6.07, 6.45) is 1.24. The van der Waals surface area contributed by atoms with Gasteiger partial charge in [-0.1, -0.05) is 0 Å². The van der Waals surface area contributed by atoms with E-state index in [1.54, 1.807) is 11.3 Å². The molecular formula is C11H17N. The number of aromatic nitrogens is 1. The van der Waals surface area contributed by atoms with Crippen molar-refractivity contribution >= 4 is 0 Å². The molecule has 0 N–H and O–H groups in total. The first-order chi connectivity index (χ1) is 5.43. The van der Waals surface area contributed by atoms with Crippen LogP contribution in [0.1, 0.15) is 43.3 Å². The topological polar surface area (TPSA) is 4.93 Å². The van der Waals surface area contributed by atoms with Gasteiger partial charge in [0.2, 0.25) is 0 Å². The monoisotopic (exact) mass is 163 g/mol. The third-order valence-corrected chi connectivity index (χ3v) is 2.84. The van der Waals surface area contributed by atoms with Crippen LogP contribution in [0.15, 0.2) is 0 Å². The number of hydrogen-bond acceptors (Lipinski definition) is 0. The Morgan fingerprint density at radius 3 is 2.00 bits per heavy atom. The van der Waals surface area contributed by atoms with E-state index in [-0.39, 0.29) is 5.54 Å². The van der Waals surface area contributed by atoms with Gasteiger partial charge in [0, 0.05) is 23.3 Å². The third-order valence-electron chi connectivity index (χ3n) is 2.84. The fourth-order valence-electron chi connectivity index (χ4n) is 2.18. The highest BCUT2D eigenvalue weighted by Gasteiger charge is 2.32. The molecule has 1 aromatic heterocycles. The van der Waals surface area contributed by atoms with E-state index < -0.39 is 0 Å². The lowest BCUT2D eigenvalue weighted by atomic mass is 10.1. The van der Waals surface area contributed by atoms with Crippen LogP contribution in [0.3, 0.4) is 0 Å². The van der Waals surface area contributed by atoms with Crippen molar-refractivity contribution < 1.29 is 0 Å². The molecule has 1 nitrogen and oxygen atoms in total. The number of nitrogens with zero attached hydrogens (tertiary/aromatic N) is 1. The molecule has 0 fully saturated rings. The van der Waals surface area contributed by atoms with Gasteiger partial charge in [0.15, 0.2) is 0 Å². The van der Waals surface area contributed by atoms with Gasteiger partial charge in [0.25, 0.3) is 0 Å². The molecule has 12 heavy (non-hydrogen) atoms. The van der Waals surface area contributed by atoms with Crippen LogP contribution >= 0.6 is 0 Å². The van der Waals surface area contributed by atoms with Gasteiger partial charge in [-0.25, -0.2) is 0 Å². The molecule has 1 heteroatoms. The van der Waals surface area contributed by atoms with Crippen LogP contribution in [0.2, 0.25) is 0 Å². The minimum Gasteiger partial charge on any atom is -0.343 e. The Morgan fingerprint density at radius 2 is 1.75 bits per heavy atom. The van der Waals surface area contributed by atoms with Gasteiger partial charge in [-0.2, -0.15) is 0 Å². The summed E-state index contributed by atoms with van der Waals surface area (Å²) in [5, 5.41) is 0. The number of fused-ring (bicyclic) bond motifs is 1. The van der Waals surface area contributed by atoms with E-state index in [0.717, 1.165) is 0 Å². The number of hydrogen-bond donors (Lipinski definition) is 0. The zero-order valence-electron chi connectivity index (χ0n) is 8.65. The molecule has 1 heterocycles. The summed E-state index contributed by atoms with van der Waals surface area (Å²) >= 11 is 0. The average molecular weight is 163 g/mol. The van der Waals surface area contributed by atoms with Crippen molar-refractivity contribution in [1.29, 1.82) is 0 Å². The Hall–Kier alpha value is -0.720. The molecule has 0 unspecified atom stereocenters. The second-order valence-corrected chi connectivity index (χ2v) is 4.82. The Labute approximate surface area is 74.4 Å². The Kier molecular flexibility index (Phi) is 1.29. The molecule has 0 bridgehead atoms. The number of rotatable bonds is 0. The minimum atomic E-state index is 0.263. The zero-order valence-corrected chi connectivity index (χ0v) is 8.65. The molecule has 0 saturated heterocycles. The molecule has 1 aromatic rings. The van der Waals surface area contributed by atoms with Gasteiger partial charge in [-0.3, -0.25) is 0 Å². The average Bonchev–Trinajstić information content (AvgIpc) is 2.58. The normalized spacial score (nSPS) is 14.8. The van der Waals surface area contributed by atoms with Gasteiger partial charge < -0.3 is 4.57 Å². The predicted octanol–water partition coefficient (Wildman–Crippen LogP) is 2.76. The summed E-state index contributed by atoms with van der Waals surface area (Å²) in [7, 11) is 0. The molecule has 0 aliphatic heterocycles. The Morgan fingerprint density at radius 1 is 1.17 bits per heavy atom. The highest BCUT2D eigenvalue weighted by atomic mass is 15.1. The lowest BCUT2D eigenvalue weighted by molar-refractivity contribution is 0.385. The van der Waals surface area contributed by atoms with Crippen LogP contribution in [0.25, 0.3) is 0 Å². The van der Waals surface area contributed by atoms with Crippen molar-refractivity contribution in [3.8, 4) is 0 Å². The van der Waals surface area contributed by atoms with Crippen LogP contribution < -0.4 is 0 Å². The van der Waals surface area contributed by atoms with E-state index in [9.17, 15) is 0 Å². The molecule has 0 amide bonds. The predicted molar refractivity (Wildman–Crippen MR) is 51.7 cm³/mol. The molecule has 1 aliphatic carbocycles. The fraction of sp³-hybridized carbons (Fsp3) is 0.636. The van der Waals surface area contributed by atoms with Gasteiger partial charge in [0.05, 0.1) is 0 Å². The smallest absolute Gasteiger partial charge is 0.0361 e. The van der Waals surface area contributed by atoms with Crippen molar-refractivity contribution in [2.24, 2.45) is 0 Å². The summed E-state index contributed by atoms with van der Waals surface area (Å²) < 4.78 is 2.48. The van der Waals surface area contributed by atoms with Gasteiger partial charge in [-0.05, 0) is 45.7 Å². The van der Waals surface area contributed by atoms with Crippen LogP contribution in [0, 0.1) is 13.8 Å². The van der Waals surface area contributed by atoms with Gasteiger partial charge >= 0.3 is 0 Å². The SMILES string of the molecule is Cc1c2c(n(C(C)(C)C)c1C)C2. The van der Waals surface area contributed by atoms with Gasteiger partial charge in [0.1, 0.15) is 0 Å². The van der Waals surface area contributed by atoms with Crippen LogP contribution in [0.4, 0.5) is 0 Å². The molecule has 0 radical (unpaired) electrons. The Balaban J connectivity index is 2.60. The van der Waals surface area contributed by atoms with E-state index >= 15 is 0 Å². The molecule has 1 aliphatic rings. The van der Waals surface area contributed by atoms with Crippen molar-refractivity contribution in [2.45, 2.75) is 46.6 Å². The van der Waals surface area contributed by atoms with Crippen LogP contribution in [0.5, 0.6) is 0 Å². The van der Waals surface area contributed by atoms with E-state index in [1.807, 2.05) is 0 Å². The Bertz CT molecular complexity index is 337. The molecule has 0 aromatic carbocycles. The fourth-order valence-corrected chi connectivity index (χ4v) is 2.18. The lowest BCUT2D eigenvalue weighted by Crippen LogP contribution is -2.23. The quantitative estimate of drug-likeness (QED) is 0.563. The maximum absolute atomic E-state index is 2.48. The van der Waals surface area contributed by atoms with Crippen molar-refractivity contribution in [1.82, 2.24) is 4.57 Å². The first-order valence-corrected chi connectivity index (χ1v) is 4.63. The highest BCUT2D eigenvalue weighted by molar-refractivity contribution is 5.51. The molecule has 2 rings (SSSR count). The molecular weight excluding hydrogens is 146 g/mol. The maximum Gasteiger partial charge on any atom is 0.0361 e. The summed E-state index contributed by atoms with van der Waals surface area (Å²) in [6.45, 7) is 11.3. The summed E-state index contributed by atoms with van der Waals surface area (Å²) in [5.41, 5.74) is 6.40. The first kappa shape index (κ1) is 7.90. The summed E-state index contributed by atoms with van der Waals surface area (Å²) in [5.74, 6) is 0. The molecule has 0 saturated carbocycles. The van der Waals surface area contributed by atoms with Crippen LogP contribution in [-0.2, 0) is 12.0 Å². The van der Waals surface area contributed by atoms with Crippen molar-refractivity contribution in [2.75, 3.05) is 0 Å². The van der Waals surface area contributed by atoms with E-state index in [0.29, 0.717) is 0 Å². The summed E-state index contributed by atoms with van der Waals surface area (Å²) in [6, 6.07) is 0. The maximum atomic E-state index is 2.48. The molecule has 66 valence electrons. The van der Waals surface area contributed by atoms with E-state index in [1.165, 1.54) is 17.7 Å². The van der Waals surface area contributed by atoms with E-state index in [2.05, 4.69) is 39.2 Å². The first-order valence-electron chi connectivity index (χ1n) is 4.63. The van der Waals surface area contributed by atoms with Crippen molar-refractivity contribution in [3.05, 3.63) is 22.5 Å². The standard InChI is InChI=1S/C11H17N/c1-7-8(2)12(11(3,4)5)10-6-9(7)10/h6H2,1-5H3. The molecule has 0 atom stereocenters. The summed E-state index contributed by atoms with van der Waals surface area (Å²) in [4.78, 5) is 0. The van der Waals surface area contributed by atoms with E-state index in [4.69, 9.17) is 0 Å². The third kappa shape index (κ3) is 0.855. The largest absolute Gasteiger partial charge is 0.343 e. The highest BCUT2D eigenvalue weighted by Crippen LogP contribution is 2.39. The lowest BCUT2D eigenvalue weighted by Gasteiger charge is -2.25. The minimum absolute atomic E-state index is 0.263. The van der Waals surface area contributed by atoms with Crippen LogP contribution in [-0.4, -0.2) is 4.57 Å². The second-order valence-electron chi connectivity index (χ2n) is 4.82. The van der Waals surface area contributed by atoms with Crippen molar-refractivity contribution in [3.63, 3.8) is 0 Å². The second kappa shape index (κ2) is 1.95. The van der Waals surface area contributed by atoms with Gasteiger partial charge in [-0.15, -0.1) is 0 Å². The zero-order chi connectivity index (χ0) is 9.09.